The Morgan fingerprint density at radius 1 is 1.50 bits per heavy atom. The van der Waals surface area contributed by atoms with E-state index in [1.807, 2.05) is 0 Å². The van der Waals surface area contributed by atoms with Gasteiger partial charge in [-0.2, -0.15) is 0 Å². The van der Waals surface area contributed by atoms with Crippen LogP contribution in [-0.2, 0) is 0 Å². The minimum atomic E-state index is -1.12. The number of hydrogen-bond acceptors (Lipinski definition) is 4. The van der Waals surface area contributed by atoms with Gasteiger partial charge < -0.3 is 14.9 Å². The molecule has 0 saturated heterocycles. The Bertz CT molecular complexity index is 449. The van der Waals surface area contributed by atoms with Crippen molar-refractivity contribution in [3.63, 3.8) is 0 Å². The van der Waals surface area contributed by atoms with Crippen molar-refractivity contribution in [3.8, 4) is 5.75 Å². The summed E-state index contributed by atoms with van der Waals surface area (Å²) in [6.07, 6.45) is -1.99. The average molecular weight is 272 g/mol. The number of halogens is 1. The molecule has 0 aromatic heterocycles. The number of aliphatic hydroxyl groups is 2. The van der Waals surface area contributed by atoms with Crippen LogP contribution in [0.3, 0.4) is 0 Å². The first-order valence-electron chi connectivity index (χ1n) is 5.30. The van der Waals surface area contributed by atoms with E-state index in [1.165, 1.54) is 7.11 Å². The van der Waals surface area contributed by atoms with E-state index in [9.17, 15) is 10.2 Å². The van der Waals surface area contributed by atoms with Gasteiger partial charge in [0.25, 0.3) is 0 Å². The van der Waals surface area contributed by atoms with Crippen LogP contribution in [0.5, 0.6) is 5.75 Å². The molecule has 1 aromatic rings. The quantitative estimate of drug-likeness (QED) is 0.472. The smallest absolute Gasteiger partial charge is 0.126 e. The van der Waals surface area contributed by atoms with Crippen molar-refractivity contribution in [2.24, 2.45) is 5.11 Å². The molecule has 0 radical (unpaired) electrons. The maximum absolute atomic E-state index is 9.98. The Morgan fingerprint density at radius 3 is 2.83 bits per heavy atom. The Hall–Kier alpha value is -1.46. The van der Waals surface area contributed by atoms with Gasteiger partial charge in [-0.25, -0.2) is 0 Å². The predicted molar refractivity (Wildman–Crippen MR) is 67.6 cm³/mol. The van der Waals surface area contributed by atoms with Crippen LogP contribution in [0.25, 0.3) is 10.4 Å². The number of benzene rings is 1. The summed E-state index contributed by atoms with van der Waals surface area (Å²) in [6, 6.07) is 4.74. The molecule has 0 aliphatic rings. The first kappa shape index (κ1) is 14.6. The monoisotopic (exact) mass is 271 g/mol. The third kappa shape index (κ3) is 3.78. The zero-order valence-electron chi connectivity index (χ0n) is 9.82. The van der Waals surface area contributed by atoms with Gasteiger partial charge >= 0.3 is 0 Å². The number of rotatable bonds is 6. The summed E-state index contributed by atoms with van der Waals surface area (Å²) in [5.74, 6) is 0.401. The Balaban J connectivity index is 2.82. The molecule has 18 heavy (non-hydrogen) atoms. The van der Waals surface area contributed by atoms with Gasteiger partial charge in [-0.15, -0.1) is 0 Å². The summed E-state index contributed by atoms with van der Waals surface area (Å²) >= 11 is 5.80. The first-order valence-corrected chi connectivity index (χ1v) is 5.68. The highest BCUT2D eigenvalue weighted by Crippen LogP contribution is 2.30. The maximum atomic E-state index is 9.98. The molecule has 98 valence electrons. The van der Waals surface area contributed by atoms with Gasteiger partial charge in [0.15, 0.2) is 0 Å². The Labute approximate surface area is 109 Å². The van der Waals surface area contributed by atoms with Crippen LogP contribution in [0.2, 0.25) is 5.02 Å². The van der Waals surface area contributed by atoms with Crippen LogP contribution in [0.4, 0.5) is 0 Å². The third-order valence-corrected chi connectivity index (χ3v) is 2.70. The molecule has 0 aliphatic carbocycles. The van der Waals surface area contributed by atoms with E-state index < -0.39 is 12.2 Å². The second kappa shape index (κ2) is 7.08. The van der Waals surface area contributed by atoms with Crippen molar-refractivity contribution in [2.75, 3.05) is 13.7 Å². The van der Waals surface area contributed by atoms with Gasteiger partial charge in [-0.3, -0.25) is 0 Å². The Kier molecular flexibility index (Phi) is 5.74. The molecular weight excluding hydrogens is 258 g/mol. The molecule has 2 N–H and O–H groups in total. The van der Waals surface area contributed by atoms with Crippen LogP contribution < -0.4 is 4.74 Å². The summed E-state index contributed by atoms with van der Waals surface area (Å²) in [7, 11) is 1.45. The lowest BCUT2D eigenvalue weighted by Gasteiger charge is -2.19. The second-order valence-electron chi connectivity index (χ2n) is 3.64. The molecule has 7 heteroatoms. The van der Waals surface area contributed by atoms with Crippen molar-refractivity contribution >= 4 is 11.6 Å². The van der Waals surface area contributed by atoms with E-state index in [4.69, 9.17) is 21.9 Å². The summed E-state index contributed by atoms with van der Waals surface area (Å²) in [4.78, 5) is 2.58. The molecule has 0 amide bonds. The number of azide groups is 1. The van der Waals surface area contributed by atoms with Crippen molar-refractivity contribution in [2.45, 2.75) is 18.6 Å². The van der Waals surface area contributed by atoms with Gasteiger partial charge in [0.1, 0.15) is 11.9 Å². The lowest BCUT2D eigenvalue weighted by Crippen LogP contribution is -2.19. The molecule has 0 spiro atoms. The van der Waals surface area contributed by atoms with E-state index in [1.54, 1.807) is 18.2 Å². The standard InChI is InChI=1S/C11H14ClN3O3/c1-18-10-6-7(12)2-3-8(10)11(17)9(16)4-5-14-15-13/h2-3,6,9,11,16-17H,4-5H2,1H3. The van der Waals surface area contributed by atoms with Gasteiger partial charge in [-0.1, -0.05) is 22.8 Å². The van der Waals surface area contributed by atoms with E-state index in [0.717, 1.165) is 0 Å². The summed E-state index contributed by atoms with van der Waals surface area (Å²) in [5, 5.41) is 23.5. The predicted octanol–water partition coefficient (Wildman–Crippen LogP) is 2.44. The van der Waals surface area contributed by atoms with Gasteiger partial charge in [0, 0.05) is 22.0 Å². The molecule has 0 saturated carbocycles. The fraction of sp³-hybridized carbons (Fsp3) is 0.455. The molecule has 1 aromatic carbocycles. The topological polar surface area (TPSA) is 98.5 Å². The third-order valence-electron chi connectivity index (χ3n) is 2.47. The van der Waals surface area contributed by atoms with Crippen LogP contribution in [0.15, 0.2) is 23.3 Å². The molecule has 2 unspecified atom stereocenters. The number of aliphatic hydroxyl groups excluding tert-OH is 2. The number of methoxy groups -OCH3 is 1. The summed E-state index contributed by atoms with van der Waals surface area (Å²) in [5.41, 5.74) is 8.57. The van der Waals surface area contributed by atoms with Crippen molar-refractivity contribution < 1.29 is 14.9 Å². The molecule has 0 fully saturated rings. The van der Waals surface area contributed by atoms with Gasteiger partial charge in [0.2, 0.25) is 0 Å². The highest BCUT2D eigenvalue weighted by atomic mass is 35.5. The zero-order chi connectivity index (χ0) is 13.5. The first-order chi connectivity index (χ1) is 8.60. The van der Waals surface area contributed by atoms with E-state index >= 15 is 0 Å². The van der Waals surface area contributed by atoms with Crippen molar-refractivity contribution in [1.82, 2.24) is 0 Å². The van der Waals surface area contributed by atoms with Crippen LogP contribution in [-0.4, -0.2) is 30.0 Å². The average Bonchev–Trinajstić information content (AvgIpc) is 2.37. The van der Waals surface area contributed by atoms with Gasteiger partial charge in [0.05, 0.1) is 13.2 Å². The lowest BCUT2D eigenvalue weighted by molar-refractivity contribution is 0.0137. The minimum absolute atomic E-state index is 0.116. The highest BCUT2D eigenvalue weighted by molar-refractivity contribution is 6.30. The lowest BCUT2D eigenvalue weighted by atomic mass is 10.0. The number of hydrogen-bond donors (Lipinski definition) is 2. The molecule has 2 atom stereocenters. The fourth-order valence-corrected chi connectivity index (χ4v) is 1.69. The molecule has 6 nitrogen and oxygen atoms in total. The van der Waals surface area contributed by atoms with Crippen LogP contribution in [0, 0.1) is 0 Å². The summed E-state index contributed by atoms with van der Waals surface area (Å²) < 4.78 is 5.09. The summed E-state index contributed by atoms with van der Waals surface area (Å²) in [6.45, 7) is 0.116. The van der Waals surface area contributed by atoms with Crippen LogP contribution in [0.1, 0.15) is 18.1 Å². The second-order valence-corrected chi connectivity index (χ2v) is 4.08. The maximum Gasteiger partial charge on any atom is 0.126 e. The molecular formula is C11H14ClN3O3. The normalized spacial score (nSPS) is 13.6. The molecule has 0 bridgehead atoms. The van der Waals surface area contributed by atoms with E-state index in [-0.39, 0.29) is 13.0 Å². The largest absolute Gasteiger partial charge is 0.496 e. The van der Waals surface area contributed by atoms with Crippen molar-refractivity contribution in [3.05, 3.63) is 39.2 Å². The molecule has 0 aliphatic heterocycles. The fourth-order valence-electron chi connectivity index (χ4n) is 1.53. The van der Waals surface area contributed by atoms with E-state index in [2.05, 4.69) is 10.0 Å². The van der Waals surface area contributed by atoms with Crippen LogP contribution >= 0.6 is 11.6 Å². The molecule has 1 rings (SSSR count). The number of nitrogens with zero attached hydrogens (tertiary/aromatic N) is 3. The van der Waals surface area contributed by atoms with Gasteiger partial charge in [-0.05, 0) is 24.1 Å². The number of ether oxygens (including phenoxy) is 1. The SMILES string of the molecule is COc1cc(Cl)ccc1C(O)C(O)CCN=[N+]=[N-]. The molecule has 0 heterocycles. The zero-order valence-corrected chi connectivity index (χ0v) is 10.6. The highest BCUT2D eigenvalue weighted by Gasteiger charge is 2.21. The Morgan fingerprint density at radius 2 is 2.22 bits per heavy atom. The van der Waals surface area contributed by atoms with Crippen molar-refractivity contribution in [1.29, 1.82) is 0 Å². The minimum Gasteiger partial charge on any atom is -0.496 e. The van der Waals surface area contributed by atoms with E-state index in [0.29, 0.717) is 16.3 Å².